The van der Waals surface area contributed by atoms with Crippen molar-refractivity contribution in [2.45, 2.75) is 64.3 Å². The van der Waals surface area contributed by atoms with Crippen LogP contribution in [0.3, 0.4) is 0 Å². The molecule has 1 heterocycles. The van der Waals surface area contributed by atoms with E-state index in [1.807, 2.05) is 50.8 Å². The number of amides is 2. The zero-order valence-corrected chi connectivity index (χ0v) is 19.3. The van der Waals surface area contributed by atoms with Crippen LogP contribution in [0.25, 0.3) is 0 Å². The number of carbonyl (C=O) groups is 2. The summed E-state index contributed by atoms with van der Waals surface area (Å²) in [6.45, 7) is 8.39. The average Bonchev–Trinajstić information content (AvgIpc) is 3.57. The number of nitrogens with zero attached hydrogens (tertiary/aromatic N) is 2. The Balaban J connectivity index is 1.75. The van der Waals surface area contributed by atoms with Crippen LogP contribution in [0, 0.1) is 0 Å². The van der Waals surface area contributed by atoms with Crippen LogP contribution in [0.4, 0.5) is 4.79 Å². The molecule has 172 valence electrons. The molecule has 1 aliphatic carbocycles. The summed E-state index contributed by atoms with van der Waals surface area (Å²) in [5.41, 5.74) is 0.370. The van der Waals surface area contributed by atoms with E-state index in [2.05, 4.69) is 0 Å². The van der Waals surface area contributed by atoms with Crippen LogP contribution in [0.5, 0.6) is 11.5 Å². The maximum Gasteiger partial charge on any atom is 0.410 e. The number of ether oxygens (including phenoxy) is 4. The topological polar surface area (TPSA) is 77.5 Å². The Bertz CT molecular complexity index is 802. The number of benzene rings is 1. The predicted molar refractivity (Wildman–Crippen MR) is 115 cm³/mol. The van der Waals surface area contributed by atoms with Crippen LogP contribution in [0.1, 0.15) is 52.1 Å². The van der Waals surface area contributed by atoms with Gasteiger partial charge >= 0.3 is 6.09 Å². The van der Waals surface area contributed by atoms with Crippen molar-refractivity contribution in [3.05, 3.63) is 23.8 Å². The summed E-state index contributed by atoms with van der Waals surface area (Å²) in [6.07, 6.45) is 0.807. The van der Waals surface area contributed by atoms with Gasteiger partial charge in [0.1, 0.15) is 5.60 Å². The van der Waals surface area contributed by atoms with Crippen LogP contribution in [0.2, 0.25) is 0 Å². The minimum atomic E-state index is -0.704. The largest absolute Gasteiger partial charge is 0.493 e. The van der Waals surface area contributed by atoms with E-state index in [1.54, 1.807) is 19.1 Å². The highest BCUT2D eigenvalue weighted by Gasteiger charge is 2.42. The molecule has 2 amide bonds. The van der Waals surface area contributed by atoms with Crippen molar-refractivity contribution in [2.24, 2.45) is 0 Å². The van der Waals surface area contributed by atoms with Gasteiger partial charge in [0.25, 0.3) is 5.91 Å². The van der Waals surface area contributed by atoms with Crippen LogP contribution in [-0.2, 0) is 14.3 Å². The molecule has 31 heavy (non-hydrogen) atoms. The van der Waals surface area contributed by atoms with Gasteiger partial charge in [-0.05, 0) is 58.2 Å². The lowest BCUT2D eigenvalue weighted by Gasteiger charge is -2.38. The van der Waals surface area contributed by atoms with E-state index in [-0.39, 0.29) is 24.5 Å². The predicted octanol–water partition coefficient (Wildman–Crippen LogP) is 3.39. The quantitative estimate of drug-likeness (QED) is 0.683. The first kappa shape index (κ1) is 23.2. The van der Waals surface area contributed by atoms with Crippen LogP contribution >= 0.6 is 0 Å². The summed E-state index contributed by atoms with van der Waals surface area (Å²) in [5, 5.41) is 0. The third-order valence-corrected chi connectivity index (χ3v) is 5.50. The molecule has 1 aliphatic heterocycles. The van der Waals surface area contributed by atoms with Crippen molar-refractivity contribution < 1.29 is 28.5 Å². The second kappa shape index (κ2) is 9.34. The number of methoxy groups -OCH3 is 2. The van der Waals surface area contributed by atoms with Crippen molar-refractivity contribution in [3.63, 3.8) is 0 Å². The molecule has 1 saturated heterocycles. The van der Waals surface area contributed by atoms with Gasteiger partial charge in [0.05, 0.1) is 33.4 Å². The molecule has 2 atom stereocenters. The standard InChI is InChI=1S/C23H34N2O6/c1-15(16-7-10-18(28-5)19(13-16)29-6)25(17-8-9-17)21(26)20-14-24(11-12-30-20)22(27)31-23(2,3)4/h7,10,13,15,17,20H,8-9,11-12,14H2,1-6H3/t15?,20-/m1/s1. The van der Waals surface area contributed by atoms with Crippen molar-refractivity contribution >= 4 is 12.0 Å². The first-order valence-corrected chi connectivity index (χ1v) is 10.8. The zero-order valence-electron chi connectivity index (χ0n) is 19.3. The molecule has 1 saturated carbocycles. The number of hydrogen-bond donors (Lipinski definition) is 0. The molecular weight excluding hydrogens is 400 g/mol. The Morgan fingerprint density at radius 2 is 1.84 bits per heavy atom. The van der Waals surface area contributed by atoms with E-state index in [9.17, 15) is 9.59 Å². The fourth-order valence-electron chi connectivity index (χ4n) is 3.77. The Morgan fingerprint density at radius 1 is 1.16 bits per heavy atom. The Hall–Kier alpha value is -2.48. The molecule has 3 rings (SSSR count). The van der Waals surface area contributed by atoms with E-state index < -0.39 is 17.8 Å². The third-order valence-electron chi connectivity index (χ3n) is 5.50. The van der Waals surface area contributed by atoms with Crippen LogP contribution < -0.4 is 9.47 Å². The highest BCUT2D eigenvalue weighted by molar-refractivity contribution is 5.83. The van der Waals surface area contributed by atoms with Crippen molar-refractivity contribution in [3.8, 4) is 11.5 Å². The van der Waals surface area contributed by atoms with Gasteiger partial charge in [-0.25, -0.2) is 4.79 Å². The van der Waals surface area contributed by atoms with Gasteiger partial charge in [-0.3, -0.25) is 4.79 Å². The Kier molecular flexibility index (Phi) is 6.99. The monoisotopic (exact) mass is 434 g/mol. The van der Waals surface area contributed by atoms with Gasteiger partial charge in [-0.15, -0.1) is 0 Å². The lowest BCUT2D eigenvalue weighted by molar-refractivity contribution is -0.151. The maximum atomic E-state index is 13.5. The Morgan fingerprint density at radius 3 is 2.42 bits per heavy atom. The molecular formula is C23H34N2O6. The molecule has 1 aromatic rings. The van der Waals surface area contributed by atoms with Gasteiger partial charge in [0.15, 0.2) is 17.6 Å². The van der Waals surface area contributed by atoms with E-state index in [0.717, 1.165) is 18.4 Å². The van der Waals surface area contributed by atoms with Crippen molar-refractivity contribution in [2.75, 3.05) is 33.9 Å². The molecule has 2 fully saturated rings. The third kappa shape index (κ3) is 5.61. The fraction of sp³-hybridized carbons (Fsp3) is 0.652. The van der Waals surface area contributed by atoms with Gasteiger partial charge in [0, 0.05) is 12.6 Å². The van der Waals surface area contributed by atoms with Gasteiger partial charge in [-0.2, -0.15) is 0 Å². The fourth-order valence-corrected chi connectivity index (χ4v) is 3.77. The highest BCUT2D eigenvalue weighted by Crippen LogP contribution is 2.38. The Labute approximate surface area is 184 Å². The molecule has 1 unspecified atom stereocenters. The SMILES string of the molecule is COc1ccc(C(C)N(C(=O)[C@H]2CN(C(=O)OC(C)(C)C)CCO2)C2CC2)cc1OC. The summed E-state index contributed by atoms with van der Waals surface area (Å²) < 4.78 is 22.0. The molecule has 0 aromatic heterocycles. The molecule has 8 heteroatoms. The second-order valence-electron chi connectivity index (χ2n) is 9.05. The number of hydrogen-bond acceptors (Lipinski definition) is 6. The van der Waals surface area contributed by atoms with Crippen LogP contribution in [-0.4, -0.2) is 73.5 Å². The van der Waals surface area contributed by atoms with Gasteiger partial charge in [-0.1, -0.05) is 6.07 Å². The maximum absolute atomic E-state index is 13.5. The summed E-state index contributed by atoms with van der Waals surface area (Å²) in [5.74, 6) is 1.17. The highest BCUT2D eigenvalue weighted by atomic mass is 16.6. The number of carbonyl (C=O) groups excluding carboxylic acids is 2. The second-order valence-corrected chi connectivity index (χ2v) is 9.05. The minimum Gasteiger partial charge on any atom is -0.493 e. The zero-order chi connectivity index (χ0) is 22.8. The normalized spacial score (nSPS) is 20.1. The summed E-state index contributed by atoms with van der Waals surface area (Å²) in [4.78, 5) is 29.4. The molecule has 0 bridgehead atoms. The molecule has 1 aromatic carbocycles. The molecule has 2 aliphatic rings. The first-order valence-electron chi connectivity index (χ1n) is 10.8. The van der Waals surface area contributed by atoms with Crippen LogP contribution in [0.15, 0.2) is 18.2 Å². The summed E-state index contributed by atoms with van der Waals surface area (Å²) in [7, 11) is 3.19. The smallest absolute Gasteiger partial charge is 0.410 e. The molecule has 0 N–H and O–H groups in total. The minimum absolute atomic E-state index is 0.0990. The van der Waals surface area contributed by atoms with E-state index in [1.165, 1.54) is 0 Å². The van der Waals surface area contributed by atoms with E-state index in [0.29, 0.717) is 24.7 Å². The van der Waals surface area contributed by atoms with Crippen molar-refractivity contribution in [1.82, 2.24) is 9.80 Å². The summed E-state index contributed by atoms with van der Waals surface area (Å²) in [6, 6.07) is 5.71. The first-order chi connectivity index (χ1) is 14.6. The summed E-state index contributed by atoms with van der Waals surface area (Å²) >= 11 is 0. The average molecular weight is 435 g/mol. The molecule has 0 spiro atoms. The van der Waals surface area contributed by atoms with Gasteiger partial charge in [0.2, 0.25) is 0 Å². The van der Waals surface area contributed by atoms with Crippen molar-refractivity contribution in [1.29, 1.82) is 0 Å². The number of rotatable bonds is 6. The lowest BCUT2D eigenvalue weighted by Crippen LogP contribution is -2.54. The molecule has 8 nitrogen and oxygen atoms in total. The van der Waals surface area contributed by atoms with E-state index in [4.69, 9.17) is 18.9 Å². The van der Waals surface area contributed by atoms with Gasteiger partial charge < -0.3 is 28.7 Å². The lowest BCUT2D eigenvalue weighted by atomic mass is 10.0. The molecule has 0 radical (unpaired) electrons. The van der Waals surface area contributed by atoms with E-state index >= 15 is 0 Å². The number of morpholine rings is 1.